The maximum atomic E-state index is 6.79. The van der Waals surface area contributed by atoms with Crippen LogP contribution in [0.1, 0.15) is 115 Å². The largest absolute Gasteiger partial charge is 0.329 e. The molecule has 3 rings (SSSR count). The van der Waals surface area contributed by atoms with Gasteiger partial charge in [0.25, 0.3) is 0 Å². The third-order valence-corrected chi connectivity index (χ3v) is 7.88. The first-order valence-corrected chi connectivity index (χ1v) is 13.9. The standard InChI is InChI=1S/C33H47N3/c1-7-23-11-24(8-2)14-28(13-23)21(5)30-17-27(19-34)18-31(33(30)32(36)20-35)22(6)29-15-25(9-3)12-26(10-4)16-29/h11-18,21-22,32H,7-10,19-20,34-36H2,1-6H3/t21-,22-,32?/m1/s1. The Morgan fingerprint density at radius 3 is 1.19 bits per heavy atom. The van der Waals surface area contributed by atoms with Gasteiger partial charge in [-0.1, -0.05) is 90.1 Å². The summed E-state index contributed by atoms with van der Waals surface area (Å²) in [6, 6.07) is 18.4. The summed E-state index contributed by atoms with van der Waals surface area (Å²) in [7, 11) is 0. The van der Waals surface area contributed by atoms with Crippen molar-refractivity contribution in [2.75, 3.05) is 6.54 Å². The molecular formula is C33H47N3. The molecule has 0 spiro atoms. The van der Waals surface area contributed by atoms with Crippen LogP contribution in [0.25, 0.3) is 0 Å². The van der Waals surface area contributed by atoms with Gasteiger partial charge in [-0.15, -0.1) is 0 Å². The Hall–Kier alpha value is -2.46. The van der Waals surface area contributed by atoms with Crippen LogP contribution in [0.4, 0.5) is 0 Å². The molecule has 194 valence electrons. The average molecular weight is 486 g/mol. The fraction of sp³-hybridized carbons (Fsp3) is 0.455. The smallest absolute Gasteiger partial charge is 0.0425 e. The monoisotopic (exact) mass is 485 g/mol. The van der Waals surface area contributed by atoms with Crippen molar-refractivity contribution in [2.45, 2.75) is 91.6 Å². The number of benzene rings is 3. The maximum Gasteiger partial charge on any atom is 0.0425 e. The van der Waals surface area contributed by atoms with Gasteiger partial charge < -0.3 is 17.2 Å². The molecule has 6 N–H and O–H groups in total. The average Bonchev–Trinajstić information content (AvgIpc) is 2.94. The van der Waals surface area contributed by atoms with E-state index in [0.29, 0.717) is 13.1 Å². The van der Waals surface area contributed by atoms with E-state index in [1.54, 1.807) is 0 Å². The molecule has 0 amide bonds. The molecule has 36 heavy (non-hydrogen) atoms. The van der Waals surface area contributed by atoms with Crippen molar-refractivity contribution in [1.29, 1.82) is 0 Å². The quantitative estimate of drug-likeness (QED) is 0.284. The minimum absolute atomic E-state index is 0.194. The van der Waals surface area contributed by atoms with Gasteiger partial charge >= 0.3 is 0 Å². The molecule has 0 saturated heterocycles. The lowest BCUT2D eigenvalue weighted by Crippen LogP contribution is -2.25. The zero-order chi connectivity index (χ0) is 26.4. The molecule has 0 aliphatic rings. The van der Waals surface area contributed by atoms with E-state index >= 15 is 0 Å². The lowest BCUT2D eigenvalue weighted by Gasteiger charge is -2.28. The van der Waals surface area contributed by atoms with Gasteiger partial charge in [-0.2, -0.15) is 0 Å². The second kappa shape index (κ2) is 12.7. The van der Waals surface area contributed by atoms with Crippen LogP contribution in [-0.4, -0.2) is 6.54 Å². The van der Waals surface area contributed by atoms with Crippen LogP contribution < -0.4 is 17.2 Å². The van der Waals surface area contributed by atoms with Gasteiger partial charge in [0, 0.05) is 31.0 Å². The Labute approximate surface area is 219 Å². The molecule has 3 atom stereocenters. The van der Waals surface area contributed by atoms with Gasteiger partial charge in [-0.25, -0.2) is 0 Å². The highest BCUT2D eigenvalue weighted by Gasteiger charge is 2.25. The molecule has 0 heterocycles. The third-order valence-electron chi connectivity index (χ3n) is 7.88. The van der Waals surface area contributed by atoms with E-state index < -0.39 is 0 Å². The van der Waals surface area contributed by atoms with E-state index in [9.17, 15) is 0 Å². The van der Waals surface area contributed by atoms with Crippen LogP contribution in [0.15, 0.2) is 48.5 Å². The summed E-state index contributed by atoms with van der Waals surface area (Å²) in [5, 5.41) is 0. The Balaban J connectivity index is 2.25. The predicted octanol–water partition coefficient (Wildman–Crippen LogP) is 6.66. The van der Waals surface area contributed by atoms with Crippen LogP contribution in [0, 0.1) is 0 Å². The van der Waals surface area contributed by atoms with E-state index in [2.05, 4.69) is 90.1 Å². The van der Waals surface area contributed by atoms with Crippen molar-refractivity contribution < 1.29 is 0 Å². The second-order valence-electron chi connectivity index (χ2n) is 10.3. The summed E-state index contributed by atoms with van der Waals surface area (Å²) in [5.41, 5.74) is 32.3. The molecule has 3 aromatic carbocycles. The summed E-state index contributed by atoms with van der Waals surface area (Å²) in [6.07, 6.45) is 4.12. The minimum Gasteiger partial charge on any atom is -0.329 e. The van der Waals surface area contributed by atoms with Crippen LogP contribution in [0.3, 0.4) is 0 Å². The fourth-order valence-electron chi connectivity index (χ4n) is 5.40. The lowest BCUT2D eigenvalue weighted by molar-refractivity contribution is 0.695. The summed E-state index contributed by atoms with van der Waals surface area (Å²) in [4.78, 5) is 0. The van der Waals surface area contributed by atoms with Gasteiger partial charge in [-0.3, -0.25) is 0 Å². The second-order valence-corrected chi connectivity index (χ2v) is 10.3. The van der Waals surface area contributed by atoms with Crippen LogP contribution in [0.2, 0.25) is 0 Å². The van der Waals surface area contributed by atoms with E-state index in [1.807, 2.05) is 0 Å². The zero-order valence-electron chi connectivity index (χ0n) is 23.3. The van der Waals surface area contributed by atoms with E-state index in [4.69, 9.17) is 17.2 Å². The van der Waals surface area contributed by atoms with E-state index in [-0.39, 0.29) is 17.9 Å². The molecule has 0 saturated carbocycles. The van der Waals surface area contributed by atoms with E-state index in [1.165, 1.54) is 50.1 Å². The highest BCUT2D eigenvalue weighted by atomic mass is 14.7. The van der Waals surface area contributed by atoms with Crippen LogP contribution >= 0.6 is 0 Å². The zero-order valence-corrected chi connectivity index (χ0v) is 23.3. The Morgan fingerprint density at radius 1 is 0.556 bits per heavy atom. The molecule has 0 aromatic heterocycles. The van der Waals surface area contributed by atoms with Crippen molar-refractivity contribution in [2.24, 2.45) is 17.2 Å². The maximum absolute atomic E-state index is 6.79. The third kappa shape index (κ3) is 6.08. The van der Waals surface area contributed by atoms with Gasteiger partial charge in [0.1, 0.15) is 0 Å². The molecule has 0 aliphatic heterocycles. The molecule has 0 fully saturated rings. The topological polar surface area (TPSA) is 78.1 Å². The molecule has 3 nitrogen and oxygen atoms in total. The lowest BCUT2D eigenvalue weighted by atomic mass is 9.78. The van der Waals surface area contributed by atoms with Crippen molar-refractivity contribution >= 4 is 0 Å². The number of rotatable bonds is 11. The van der Waals surface area contributed by atoms with Crippen LogP contribution in [-0.2, 0) is 32.2 Å². The summed E-state index contributed by atoms with van der Waals surface area (Å²) < 4.78 is 0. The first-order valence-electron chi connectivity index (χ1n) is 13.9. The summed E-state index contributed by atoms with van der Waals surface area (Å²) in [6.45, 7) is 14.4. The molecular weight excluding hydrogens is 438 g/mol. The molecule has 0 aliphatic carbocycles. The molecule has 3 aromatic rings. The number of hydrogen-bond acceptors (Lipinski definition) is 3. The normalized spacial score (nSPS) is 14.0. The highest BCUT2D eigenvalue weighted by molar-refractivity contribution is 5.51. The predicted molar refractivity (Wildman–Crippen MR) is 156 cm³/mol. The number of hydrogen-bond donors (Lipinski definition) is 3. The van der Waals surface area contributed by atoms with Gasteiger partial charge in [0.2, 0.25) is 0 Å². The van der Waals surface area contributed by atoms with Gasteiger partial charge in [-0.05, 0) is 81.3 Å². The van der Waals surface area contributed by atoms with Gasteiger partial charge in [0.15, 0.2) is 0 Å². The minimum atomic E-state index is -0.230. The van der Waals surface area contributed by atoms with Crippen LogP contribution in [0.5, 0.6) is 0 Å². The molecule has 0 radical (unpaired) electrons. The van der Waals surface area contributed by atoms with Crippen molar-refractivity contribution in [3.63, 3.8) is 0 Å². The first-order chi connectivity index (χ1) is 17.3. The highest BCUT2D eigenvalue weighted by Crippen LogP contribution is 2.39. The number of nitrogens with two attached hydrogens (primary N) is 3. The summed E-state index contributed by atoms with van der Waals surface area (Å²) in [5.74, 6) is 0.389. The Bertz CT molecular complexity index is 1040. The van der Waals surface area contributed by atoms with Crippen molar-refractivity contribution in [3.05, 3.63) is 104 Å². The van der Waals surface area contributed by atoms with Crippen molar-refractivity contribution in [1.82, 2.24) is 0 Å². The van der Waals surface area contributed by atoms with E-state index in [0.717, 1.165) is 31.2 Å². The molecule has 0 bridgehead atoms. The summed E-state index contributed by atoms with van der Waals surface area (Å²) >= 11 is 0. The number of aryl methyl sites for hydroxylation is 4. The Morgan fingerprint density at radius 2 is 0.917 bits per heavy atom. The fourth-order valence-corrected chi connectivity index (χ4v) is 5.40. The van der Waals surface area contributed by atoms with Gasteiger partial charge in [0.05, 0.1) is 0 Å². The molecule has 3 heteroatoms. The van der Waals surface area contributed by atoms with Crippen molar-refractivity contribution in [3.8, 4) is 0 Å². The molecule has 1 unspecified atom stereocenters. The first kappa shape index (κ1) is 28.1. The Kier molecular flexibility index (Phi) is 9.90. The SMILES string of the molecule is CCc1cc(CC)cc([C@@H](C)c2cc(CN)cc([C@H](C)c3cc(CC)cc(CC)c3)c2C(N)CN)c1.